The largest absolute Gasteiger partial charge is 0.468 e. The molecule has 0 spiro atoms. The van der Waals surface area contributed by atoms with E-state index in [0.717, 1.165) is 0 Å². The molecule has 5 nitrogen and oxygen atoms in total. The number of hydrogen-bond donors (Lipinski definition) is 1. The van der Waals surface area contributed by atoms with Crippen LogP contribution in [0.15, 0.2) is 17.3 Å². The summed E-state index contributed by atoms with van der Waals surface area (Å²) in [5.41, 5.74) is -0.0288. The number of nitrogens with zero attached hydrogens (tertiary/aromatic N) is 1. The predicted octanol–water partition coefficient (Wildman–Crippen LogP) is -0.510. The van der Waals surface area contributed by atoms with Crippen LogP contribution in [0.25, 0.3) is 0 Å². The normalized spacial score (nSPS) is 8.42. The van der Waals surface area contributed by atoms with Gasteiger partial charge < -0.3 is 10.1 Å². The van der Waals surface area contributed by atoms with Crippen LogP contribution in [0.4, 0.5) is 0 Å². The van der Waals surface area contributed by atoms with Crippen molar-refractivity contribution < 1.29 is 14.3 Å². The molecule has 1 N–H and O–H groups in total. The molecule has 0 aliphatic carbocycles. The lowest BCUT2D eigenvalue weighted by atomic mass is 10.4. The van der Waals surface area contributed by atoms with Crippen molar-refractivity contribution in [3.8, 4) is 0 Å². The minimum atomic E-state index is -0.532. The monoisotopic (exact) mass is 170 g/mol. The van der Waals surface area contributed by atoms with Crippen molar-refractivity contribution in [2.75, 3.05) is 13.7 Å². The van der Waals surface area contributed by atoms with Crippen molar-refractivity contribution in [3.63, 3.8) is 0 Å². The second kappa shape index (κ2) is 5.06. The van der Waals surface area contributed by atoms with E-state index in [9.17, 15) is 9.59 Å². The third kappa shape index (κ3) is 3.50. The second-order valence-corrected chi connectivity index (χ2v) is 1.86. The molecule has 0 unspecified atom stereocenters. The van der Waals surface area contributed by atoms with E-state index in [0.29, 0.717) is 0 Å². The zero-order valence-corrected chi connectivity index (χ0v) is 6.79. The molecule has 0 saturated carbocycles. The minimum Gasteiger partial charge on any atom is -0.468 e. The maximum absolute atomic E-state index is 10.8. The number of aliphatic imine (C=N–C) groups is 1. The first kappa shape index (κ1) is 10.3. The molecule has 0 heterocycles. The molecule has 0 fully saturated rings. The van der Waals surface area contributed by atoms with Gasteiger partial charge in [-0.3, -0.25) is 14.6 Å². The fraction of sp³-hybridized carbons (Fsp3) is 0.286. The summed E-state index contributed by atoms with van der Waals surface area (Å²) >= 11 is 0. The van der Waals surface area contributed by atoms with Crippen LogP contribution in [-0.2, 0) is 14.3 Å². The molecule has 0 radical (unpaired) electrons. The van der Waals surface area contributed by atoms with E-state index in [1.54, 1.807) is 0 Å². The zero-order valence-electron chi connectivity index (χ0n) is 6.79. The smallest absolute Gasteiger partial charge is 0.325 e. The highest BCUT2D eigenvalue weighted by Crippen LogP contribution is 1.88. The van der Waals surface area contributed by atoms with Gasteiger partial charge in [0.2, 0.25) is 0 Å². The lowest BCUT2D eigenvalue weighted by Gasteiger charge is -2.01. The molecule has 0 aromatic carbocycles. The van der Waals surface area contributed by atoms with Crippen LogP contribution in [0.5, 0.6) is 0 Å². The Morgan fingerprint density at radius 3 is 2.58 bits per heavy atom. The van der Waals surface area contributed by atoms with Gasteiger partial charge in [-0.1, -0.05) is 6.58 Å². The van der Waals surface area contributed by atoms with Gasteiger partial charge in [-0.2, -0.15) is 0 Å². The predicted molar refractivity (Wildman–Crippen MR) is 43.7 cm³/mol. The summed E-state index contributed by atoms with van der Waals surface area (Å²) in [6.45, 7) is 6.20. The number of esters is 1. The maximum atomic E-state index is 10.8. The summed E-state index contributed by atoms with van der Waals surface area (Å²) in [5.74, 6) is -1.06. The fourth-order valence-electron chi connectivity index (χ4n) is 0.398. The average molecular weight is 170 g/mol. The van der Waals surface area contributed by atoms with Gasteiger partial charge in [0.05, 0.1) is 7.11 Å². The summed E-state index contributed by atoms with van der Waals surface area (Å²) in [4.78, 5) is 24.6. The van der Waals surface area contributed by atoms with Crippen LogP contribution >= 0.6 is 0 Å². The van der Waals surface area contributed by atoms with Crippen molar-refractivity contribution >= 4 is 18.6 Å². The molecule has 0 aliphatic heterocycles. The summed E-state index contributed by atoms with van der Waals surface area (Å²) in [7, 11) is 1.23. The van der Waals surface area contributed by atoms with Crippen LogP contribution < -0.4 is 5.32 Å². The highest BCUT2D eigenvalue weighted by Gasteiger charge is 2.06. The molecule has 0 aliphatic rings. The van der Waals surface area contributed by atoms with E-state index in [2.05, 4.69) is 28.3 Å². The van der Waals surface area contributed by atoms with Crippen LogP contribution in [0.1, 0.15) is 0 Å². The lowest BCUT2D eigenvalue weighted by Crippen LogP contribution is -2.30. The number of methoxy groups -OCH3 is 1. The van der Waals surface area contributed by atoms with Gasteiger partial charge in [-0.05, 0) is 6.72 Å². The molecular formula is C7H10N2O3. The molecule has 66 valence electrons. The maximum Gasteiger partial charge on any atom is 0.325 e. The Morgan fingerprint density at radius 2 is 2.17 bits per heavy atom. The number of carbonyl (C=O) groups is 2. The highest BCUT2D eigenvalue weighted by atomic mass is 16.5. The van der Waals surface area contributed by atoms with Crippen molar-refractivity contribution in [3.05, 3.63) is 12.3 Å². The van der Waals surface area contributed by atoms with Gasteiger partial charge in [0.1, 0.15) is 12.2 Å². The van der Waals surface area contributed by atoms with E-state index in [-0.39, 0.29) is 12.2 Å². The number of hydrogen-bond acceptors (Lipinski definition) is 4. The van der Waals surface area contributed by atoms with Crippen LogP contribution in [-0.4, -0.2) is 32.2 Å². The molecule has 0 saturated heterocycles. The van der Waals surface area contributed by atoms with Gasteiger partial charge >= 0.3 is 5.97 Å². The molecule has 0 aromatic rings. The van der Waals surface area contributed by atoms with Crippen molar-refractivity contribution in [1.29, 1.82) is 0 Å². The first-order chi connectivity index (χ1) is 5.61. The topological polar surface area (TPSA) is 67.8 Å². The molecule has 1 amide bonds. The number of nitrogens with one attached hydrogen (secondary N) is 1. The van der Waals surface area contributed by atoms with E-state index >= 15 is 0 Å². The van der Waals surface area contributed by atoms with Gasteiger partial charge in [0, 0.05) is 0 Å². The summed E-state index contributed by atoms with van der Waals surface area (Å²) in [5, 5.41) is 2.24. The van der Waals surface area contributed by atoms with E-state index in [1.807, 2.05) is 0 Å². The lowest BCUT2D eigenvalue weighted by molar-refractivity contribution is -0.140. The fourth-order valence-corrected chi connectivity index (χ4v) is 0.398. The third-order valence-electron chi connectivity index (χ3n) is 1.07. The van der Waals surface area contributed by atoms with Crippen molar-refractivity contribution in [1.82, 2.24) is 5.32 Å². The molecule has 0 atom stereocenters. The molecule has 12 heavy (non-hydrogen) atoms. The number of ether oxygens (including phenoxy) is 1. The first-order valence-electron chi connectivity index (χ1n) is 3.12. The molecule has 5 heteroatoms. The number of amides is 1. The summed E-state index contributed by atoms with van der Waals surface area (Å²) < 4.78 is 4.28. The highest BCUT2D eigenvalue weighted by molar-refractivity contribution is 5.94. The number of carbonyl (C=O) groups excluding carboxylic acids is 2. The SMILES string of the molecule is C=NC(=C)C(=O)NCC(=O)OC. The van der Waals surface area contributed by atoms with Crippen LogP contribution in [0.3, 0.4) is 0 Å². The molecule has 0 bridgehead atoms. The Kier molecular flexibility index (Phi) is 4.36. The van der Waals surface area contributed by atoms with Gasteiger partial charge in [0.15, 0.2) is 0 Å². The third-order valence-corrected chi connectivity index (χ3v) is 1.07. The Labute approximate surface area is 70.1 Å². The first-order valence-corrected chi connectivity index (χ1v) is 3.12. The van der Waals surface area contributed by atoms with Gasteiger partial charge in [-0.25, -0.2) is 0 Å². The Hall–Kier alpha value is -1.65. The minimum absolute atomic E-state index is 0.0288. The van der Waals surface area contributed by atoms with Crippen molar-refractivity contribution in [2.24, 2.45) is 4.99 Å². The number of rotatable bonds is 4. The van der Waals surface area contributed by atoms with Gasteiger partial charge in [0.25, 0.3) is 5.91 Å². The van der Waals surface area contributed by atoms with Crippen LogP contribution in [0, 0.1) is 0 Å². The Bertz CT molecular complexity index is 223. The summed E-state index contributed by atoms with van der Waals surface area (Å²) in [6.07, 6.45) is 0. The van der Waals surface area contributed by atoms with Crippen LogP contribution in [0.2, 0.25) is 0 Å². The van der Waals surface area contributed by atoms with Crippen molar-refractivity contribution in [2.45, 2.75) is 0 Å². The Morgan fingerprint density at radius 1 is 1.58 bits per heavy atom. The quantitative estimate of drug-likeness (QED) is 0.351. The van der Waals surface area contributed by atoms with E-state index < -0.39 is 11.9 Å². The van der Waals surface area contributed by atoms with E-state index in [4.69, 9.17) is 0 Å². The zero-order chi connectivity index (χ0) is 9.56. The van der Waals surface area contributed by atoms with Gasteiger partial charge in [-0.15, -0.1) is 0 Å². The average Bonchev–Trinajstić information content (AvgIpc) is 2.11. The Balaban J connectivity index is 3.79. The van der Waals surface area contributed by atoms with E-state index in [1.165, 1.54) is 7.11 Å². The standard InChI is InChI=1S/C7H10N2O3/c1-5(8-2)7(11)9-4-6(10)12-3/h1-2,4H2,3H3,(H,9,11). The molecule has 0 aromatic heterocycles. The molecular weight excluding hydrogens is 160 g/mol. The second-order valence-electron chi connectivity index (χ2n) is 1.86. The summed E-state index contributed by atoms with van der Waals surface area (Å²) in [6, 6.07) is 0. The molecule has 0 rings (SSSR count).